The summed E-state index contributed by atoms with van der Waals surface area (Å²) in [5.41, 5.74) is -0.124. The molecule has 0 unspecified atom stereocenters. The molecule has 1 saturated heterocycles. The van der Waals surface area contributed by atoms with Crippen LogP contribution in [0.1, 0.15) is 49.4 Å². The van der Waals surface area contributed by atoms with E-state index in [4.69, 9.17) is 14.6 Å². The number of aliphatic hydroxyl groups is 1. The first-order chi connectivity index (χ1) is 14.3. The molecule has 1 saturated carbocycles. The Morgan fingerprint density at radius 3 is 2.47 bits per heavy atom. The van der Waals surface area contributed by atoms with Gasteiger partial charge in [0.05, 0.1) is 23.9 Å². The monoisotopic (exact) mass is 425 g/mol. The number of carbonyl (C=O) groups is 3. The molecule has 1 aromatic rings. The number of pyridine rings is 1. The summed E-state index contributed by atoms with van der Waals surface area (Å²) in [6.07, 6.45) is 4.44. The molecule has 0 aromatic carbocycles. The maximum absolute atomic E-state index is 13.7. The largest absolute Gasteiger partial charge is 0.481 e. The minimum Gasteiger partial charge on any atom is -0.481 e. The summed E-state index contributed by atoms with van der Waals surface area (Å²) in [4.78, 5) is 37.4. The number of hydrogen-bond donors (Lipinski definition) is 4. The van der Waals surface area contributed by atoms with Crippen LogP contribution in [-0.2, 0) is 14.3 Å². The summed E-state index contributed by atoms with van der Waals surface area (Å²) in [7, 11) is 0. The topological polar surface area (TPSA) is 138 Å². The molecule has 4 N–H and O–H groups in total. The van der Waals surface area contributed by atoms with Crippen LogP contribution in [0.3, 0.4) is 0 Å². The number of halogens is 1. The molecule has 1 aliphatic heterocycles. The van der Waals surface area contributed by atoms with E-state index in [0.717, 1.165) is 26.0 Å². The van der Waals surface area contributed by atoms with E-state index in [9.17, 15) is 19.1 Å². The van der Waals surface area contributed by atoms with Crippen LogP contribution in [0.2, 0.25) is 0 Å². The first kappa shape index (κ1) is 23.7. The van der Waals surface area contributed by atoms with Crippen LogP contribution in [0, 0.1) is 11.7 Å². The van der Waals surface area contributed by atoms with E-state index in [2.05, 4.69) is 15.6 Å². The van der Waals surface area contributed by atoms with Gasteiger partial charge in [-0.15, -0.1) is 0 Å². The van der Waals surface area contributed by atoms with Crippen molar-refractivity contribution in [2.45, 2.75) is 57.2 Å². The van der Waals surface area contributed by atoms with Crippen LogP contribution in [0.4, 0.5) is 4.39 Å². The molecule has 1 aliphatic carbocycles. The Labute approximate surface area is 174 Å². The number of aromatic nitrogens is 1. The number of nitrogens with one attached hydrogen (secondary N) is 2. The van der Waals surface area contributed by atoms with E-state index in [1.54, 1.807) is 0 Å². The van der Waals surface area contributed by atoms with Gasteiger partial charge in [0.15, 0.2) is 5.82 Å². The van der Waals surface area contributed by atoms with Crippen LogP contribution in [0.25, 0.3) is 0 Å². The minimum atomic E-state index is -0.833. The number of nitrogens with zero attached hydrogens (tertiary/aromatic N) is 1. The van der Waals surface area contributed by atoms with E-state index >= 15 is 0 Å². The third-order valence-electron chi connectivity index (χ3n) is 5.09. The van der Waals surface area contributed by atoms with Gasteiger partial charge in [0.25, 0.3) is 11.9 Å². The highest BCUT2D eigenvalue weighted by Crippen LogP contribution is 2.26. The van der Waals surface area contributed by atoms with E-state index in [1.165, 1.54) is 12.3 Å². The number of amides is 2. The van der Waals surface area contributed by atoms with Crippen molar-refractivity contribution in [1.82, 2.24) is 15.6 Å². The van der Waals surface area contributed by atoms with Crippen LogP contribution in [-0.4, -0.2) is 64.4 Å². The van der Waals surface area contributed by atoms with Crippen molar-refractivity contribution in [2.24, 2.45) is 5.92 Å². The van der Waals surface area contributed by atoms with Crippen LogP contribution in [0.5, 0.6) is 0 Å². The highest BCUT2D eigenvalue weighted by atomic mass is 19.1. The molecule has 166 valence electrons. The van der Waals surface area contributed by atoms with Crippen molar-refractivity contribution in [3.05, 3.63) is 29.8 Å². The molecule has 1 aromatic heterocycles. The van der Waals surface area contributed by atoms with Gasteiger partial charge in [-0.3, -0.25) is 19.4 Å². The molecule has 2 heterocycles. The van der Waals surface area contributed by atoms with Gasteiger partial charge in [-0.25, -0.2) is 4.39 Å². The Hall–Kier alpha value is -2.59. The lowest BCUT2D eigenvalue weighted by molar-refractivity contribution is -0.134. The lowest BCUT2D eigenvalue weighted by atomic mass is 9.83. The maximum atomic E-state index is 13.7. The van der Waals surface area contributed by atoms with Gasteiger partial charge in [-0.05, 0) is 38.2 Å². The molecule has 30 heavy (non-hydrogen) atoms. The summed E-state index contributed by atoms with van der Waals surface area (Å²) in [5.74, 6) is -2.50. The van der Waals surface area contributed by atoms with Gasteiger partial charge >= 0.3 is 0 Å². The second kappa shape index (κ2) is 11.6. The Morgan fingerprint density at radius 2 is 1.83 bits per heavy atom. The van der Waals surface area contributed by atoms with Crippen molar-refractivity contribution >= 4 is 17.8 Å². The van der Waals surface area contributed by atoms with Gasteiger partial charge < -0.3 is 25.6 Å². The van der Waals surface area contributed by atoms with Gasteiger partial charge in [-0.1, -0.05) is 0 Å². The highest BCUT2D eigenvalue weighted by molar-refractivity contribution is 5.94. The summed E-state index contributed by atoms with van der Waals surface area (Å²) in [6.45, 7) is 2.37. The summed E-state index contributed by atoms with van der Waals surface area (Å²) in [5, 5.41) is 23.3. The molecule has 2 amide bonds. The van der Waals surface area contributed by atoms with Crippen molar-refractivity contribution in [3.8, 4) is 0 Å². The van der Waals surface area contributed by atoms with Crippen molar-refractivity contribution in [3.63, 3.8) is 0 Å². The zero-order chi connectivity index (χ0) is 22.1. The molecule has 0 bridgehead atoms. The number of hydrogen-bond acceptors (Lipinski definition) is 6. The highest BCUT2D eigenvalue weighted by Gasteiger charge is 2.35. The van der Waals surface area contributed by atoms with Gasteiger partial charge in [0.1, 0.15) is 0 Å². The molecule has 2 aliphatic rings. The second-order valence-corrected chi connectivity index (χ2v) is 7.43. The molecule has 3 rings (SSSR count). The van der Waals surface area contributed by atoms with Gasteiger partial charge in [0, 0.05) is 38.3 Å². The molecular weight excluding hydrogens is 397 g/mol. The molecular formula is C20H28FN3O6. The van der Waals surface area contributed by atoms with Gasteiger partial charge in [0.2, 0.25) is 5.91 Å². The SMILES string of the molecule is CC(=O)O.O=C(N[C@@H]1C[C@@H](C(=O)NC2CCOCC2)CC[C@H]1O)c1ccncc1F. The maximum Gasteiger partial charge on any atom is 0.300 e. The number of carboxylic acid groups (broad SMARTS) is 1. The summed E-state index contributed by atoms with van der Waals surface area (Å²) in [6, 6.07) is 0.811. The van der Waals surface area contributed by atoms with Crippen molar-refractivity contribution < 1.29 is 33.7 Å². The normalized spacial score (nSPS) is 24.2. The number of rotatable bonds is 4. The average Bonchev–Trinajstić information content (AvgIpc) is 2.70. The van der Waals surface area contributed by atoms with Crippen LogP contribution < -0.4 is 10.6 Å². The fraction of sp³-hybridized carbons (Fsp3) is 0.600. The Morgan fingerprint density at radius 1 is 1.17 bits per heavy atom. The molecule has 9 nitrogen and oxygen atoms in total. The number of carbonyl (C=O) groups excluding carboxylic acids is 2. The van der Waals surface area contributed by atoms with E-state index in [-0.39, 0.29) is 23.4 Å². The fourth-order valence-corrected chi connectivity index (χ4v) is 3.51. The molecule has 3 atom stereocenters. The molecule has 2 fully saturated rings. The second-order valence-electron chi connectivity index (χ2n) is 7.43. The van der Waals surface area contributed by atoms with E-state index < -0.39 is 29.8 Å². The van der Waals surface area contributed by atoms with Crippen LogP contribution >= 0.6 is 0 Å². The standard InChI is InChI=1S/C18H24FN3O4.C2H4O2/c19-14-10-20-6-3-13(14)18(25)22-15-9-11(1-2-16(15)23)17(24)21-12-4-7-26-8-5-12;1-2(3)4/h3,6,10-12,15-16,23H,1-2,4-5,7-9H2,(H,21,24)(H,22,25);1H3,(H,3,4)/t11-,15+,16+;/m0./s1. The predicted molar refractivity (Wildman–Crippen MR) is 104 cm³/mol. The number of carboxylic acids is 1. The predicted octanol–water partition coefficient (Wildman–Crippen LogP) is 0.866. The molecule has 0 spiro atoms. The van der Waals surface area contributed by atoms with Crippen molar-refractivity contribution in [2.75, 3.05) is 13.2 Å². The first-order valence-electron chi connectivity index (χ1n) is 9.94. The quantitative estimate of drug-likeness (QED) is 0.561. The summed E-state index contributed by atoms with van der Waals surface area (Å²) >= 11 is 0. The van der Waals surface area contributed by atoms with E-state index in [1.807, 2.05) is 0 Å². The third-order valence-corrected chi connectivity index (χ3v) is 5.09. The molecule has 0 radical (unpaired) electrons. The van der Waals surface area contributed by atoms with Gasteiger partial charge in [-0.2, -0.15) is 0 Å². The lowest BCUT2D eigenvalue weighted by Crippen LogP contribution is -2.51. The zero-order valence-corrected chi connectivity index (χ0v) is 16.8. The van der Waals surface area contributed by atoms with Crippen LogP contribution in [0.15, 0.2) is 18.5 Å². The Kier molecular flexibility index (Phi) is 9.13. The first-order valence-corrected chi connectivity index (χ1v) is 9.94. The average molecular weight is 425 g/mol. The van der Waals surface area contributed by atoms with Crippen molar-refractivity contribution in [1.29, 1.82) is 0 Å². The lowest BCUT2D eigenvalue weighted by Gasteiger charge is -2.34. The zero-order valence-electron chi connectivity index (χ0n) is 16.8. The minimum absolute atomic E-state index is 0.0573. The Balaban J connectivity index is 0.000000735. The fourth-order valence-electron chi connectivity index (χ4n) is 3.51. The Bertz CT molecular complexity index is 737. The number of aliphatic carboxylic acids is 1. The third kappa shape index (κ3) is 7.34. The smallest absolute Gasteiger partial charge is 0.300 e. The summed E-state index contributed by atoms with van der Waals surface area (Å²) < 4.78 is 19.0. The molecule has 10 heteroatoms. The number of ether oxygens (including phenoxy) is 1. The number of aliphatic hydroxyl groups excluding tert-OH is 1. The van der Waals surface area contributed by atoms with E-state index in [0.29, 0.717) is 32.5 Å².